The van der Waals surface area contributed by atoms with Gasteiger partial charge in [0, 0.05) is 0 Å². The van der Waals surface area contributed by atoms with Crippen LogP contribution in [0.25, 0.3) is 0 Å². The average Bonchev–Trinajstić information content (AvgIpc) is 1.98. The van der Waals surface area contributed by atoms with Crippen LogP contribution < -0.4 is 0 Å². The molecule has 2 nitrogen and oxygen atoms in total. The van der Waals surface area contributed by atoms with Crippen molar-refractivity contribution in [3.63, 3.8) is 0 Å². The lowest BCUT2D eigenvalue weighted by Gasteiger charge is -1.94. The number of likely N-dealkylation sites (N-methyl/N-ethyl adjacent to an activating group) is 2. The third-order valence-corrected chi connectivity index (χ3v) is 1.40. The molecule has 0 aromatic carbocycles. The lowest BCUT2D eigenvalue weighted by Crippen LogP contribution is -2.19. The molecule has 3 heteroatoms. The van der Waals surface area contributed by atoms with Gasteiger partial charge in [0.1, 0.15) is 13.1 Å². The Hall–Kier alpha value is -0.600. The first-order valence-corrected chi connectivity index (χ1v) is 2.66. The molecule has 0 bridgehead atoms. The highest BCUT2D eigenvalue weighted by atomic mass is 19.1. The Balaban J connectivity index is 2.71. The molecule has 0 aliphatic carbocycles. The third-order valence-electron chi connectivity index (χ3n) is 1.40. The molecule has 1 aliphatic rings. The van der Waals surface area contributed by atoms with E-state index in [1.165, 1.54) is 0 Å². The third kappa shape index (κ3) is 0.680. The molecular weight excluding hydrogens is 107 g/mol. The molecule has 0 radical (unpaired) electrons. The summed E-state index contributed by atoms with van der Waals surface area (Å²) < 4.78 is 14.1. The van der Waals surface area contributed by atoms with E-state index in [4.69, 9.17) is 0 Å². The molecule has 0 unspecified atom stereocenters. The van der Waals surface area contributed by atoms with Gasteiger partial charge in [0.15, 0.2) is 0 Å². The maximum atomic E-state index is 12.5. The Kier molecular flexibility index (Phi) is 1.19. The maximum absolute atomic E-state index is 12.5. The van der Waals surface area contributed by atoms with Gasteiger partial charge in [-0.1, -0.05) is 0 Å². The smallest absolute Gasteiger partial charge is 0.234 e. The van der Waals surface area contributed by atoms with Crippen molar-refractivity contribution < 1.29 is 8.97 Å². The van der Waals surface area contributed by atoms with Crippen LogP contribution in [-0.4, -0.2) is 42.7 Å². The van der Waals surface area contributed by atoms with Gasteiger partial charge in [0.2, 0.25) is 0 Å². The molecule has 0 N–H and O–H groups in total. The maximum Gasteiger partial charge on any atom is 0.435 e. The van der Waals surface area contributed by atoms with Gasteiger partial charge in [-0.05, 0) is 0 Å². The van der Waals surface area contributed by atoms with Crippen molar-refractivity contribution in [3.8, 4) is 0 Å². The number of hydrogen-bond donors (Lipinski definition) is 0. The Labute approximate surface area is 48.2 Å². The fourth-order valence-corrected chi connectivity index (χ4v) is 0.776. The van der Waals surface area contributed by atoms with E-state index in [9.17, 15) is 4.39 Å². The standard InChI is InChI=1S/C5H10FN2/c1-7-3-4-8(2)5(7)6/h3-4H2,1-2H3/q+1. The molecule has 0 aromatic heterocycles. The fourth-order valence-electron chi connectivity index (χ4n) is 0.776. The molecule has 0 aromatic rings. The van der Waals surface area contributed by atoms with Crippen LogP contribution in [0.1, 0.15) is 0 Å². The zero-order valence-corrected chi connectivity index (χ0v) is 5.19. The molecule has 46 valence electrons. The normalized spacial score (nSPS) is 20.6. The molecule has 8 heavy (non-hydrogen) atoms. The van der Waals surface area contributed by atoms with E-state index < -0.39 is 0 Å². The van der Waals surface area contributed by atoms with E-state index in [1.54, 1.807) is 23.6 Å². The molecule has 0 amide bonds. The summed E-state index contributed by atoms with van der Waals surface area (Å²) in [6.45, 7) is 1.62. The summed E-state index contributed by atoms with van der Waals surface area (Å²) in [6, 6.07) is 0. The number of nitrogens with zero attached hydrogens (tertiary/aromatic N) is 2. The molecule has 0 spiro atoms. The van der Waals surface area contributed by atoms with Crippen LogP contribution in [-0.2, 0) is 0 Å². The average molecular weight is 117 g/mol. The quantitative estimate of drug-likeness (QED) is 0.317. The van der Waals surface area contributed by atoms with E-state index in [0.717, 1.165) is 13.1 Å². The van der Waals surface area contributed by atoms with Crippen molar-refractivity contribution in [2.45, 2.75) is 0 Å². The van der Waals surface area contributed by atoms with Gasteiger partial charge < -0.3 is 0 Å². The van der Waals surface area contributed by atoms with Crippen LogP contribution in [0.4, 0.5) is 4.39 Å². The van der Waals surface area contributed by atoms with Crippen LogP contribution >= 0.6 is 0 Å². The summed E-state index contributed by atoms with van der Waals surface area (Å²) in [7, 11) is 3.50. The van der Waals surface area contributed by atoms with Gasteiger partial charge in [0.05, 0.1) is 14.1 Å². The SMILES string of the molecule is CN1CC[N+](C)=C1F. The molecule has 0 saturated carbocycles. The van der Waals surface area contributed by atoms with E-state index in [-0.39, 0.29) is 6.09 Å². The largest absolute Gasteiger partial charge is 0.435 e. The van der Waals surface area contributed by atoms with Gasteiger partial charge in [-0.15, -0.1) is 4.39 Å². The highest BCUT2D eigenvalue weighted by molar-refractivity contribution is 5.67. The Morgan fingerprint density at radius 3 is 2.50 bits per heavy atom. The summed E-state index contributed by atoms with van der Waals surface area (Å²) in [4.78, 5) is 1.60. The van der Waals surface area contributed by atoms with E-state index in [1.807, 2.05) is 0 Å². The van der Waals surface area contributed by atoms with Crippen molar-refractivity contribution in [2.75, 3.05) is 27.2 Å². The van der Waals surface area contributed by atoms with Gasteiger partial charge >= 0.3 is 6.09 Å². The minimum absolute atomic E-state index is 0.120. The minimum atomic E-state index is -0.120. The van der Waals surface area contributed by atoms with Gasteiger partial charge in [0.25, 0.3) is 0 Å². The number of hydrogen-bond acceptors (Lipinski definition) is 1. The van der Waals surface area contributed by atoms with E-state index in [2.05, 4.69) is 0 Å². The summed E-state index contributed by atoms with van der Waals surface area (Å²) in [6.07, 6.45) is -0.120. The number of halogens is 1. The number of amidine groups is 1. The van der Waals surface area contributed by atoms with Crippen LogP contribution in [0.2, 0.25) is 0 Å². The molecule has 1 aliphatic heterocycles. The Morgan fingerprint density at radius 2 is 2.38 bits per heavy atom. The minimum Gasteiger partial charge on any atom is -0.234 e. The first-order chi connectivity index (χ1) is 3.72. The fraction of sp³-hybridized carbons (Fsp3) is 0.800. The van der Waals surface area contributed by atoms with Crippen molar-refractivity contribution in [3.05, 3.63) is 0 Å². The van der Waals surface area contributed by atoms with Crippen molar-refractivity contribution >= 4 is 6.09 Å². The monoisotopic (exact) mass is 117 g/mol. The van der Waals surface area contributed by atoms with Crippen LogP contribution in [0, 0.1) is 0 Å². The van der Waals surface area contributed by atoms with Gasteiger partial charge in [-0.3, -0.25) is 0 Å². The second kappa shape index (κ2) is 1.73. The number of rotatable bonds is 0. The summed E-state index contributed by atoms with van der Waals surface area (Å²) in [5.74, 6) is 0. The highest BCUT2D eigenvalue weighted by Gasteiger charge is 2.23. The molecule has 0 atom stereocenters. The Bertz CT molecular complexity index is 130. The summed E-state index contributed by atoms with van der Waals surface area (Å²) in [5.41, 5.74) is 0. The molecule has 1 heterocycles. The predicted molar refractivity (Wildman–Crippen MR) is 29.8 cm³/mol. The van der Waals surface area contributed by atoms with Crippen LogP contribution in [0.15, 0.2) is 0 Å². The zero-order chi connectivity index (χ0) is 6.15. The highest BCUT2D eigenvalue weighted by Crippen LogP contribution is 1.95. The summed E-state index contributed by atoms with van der Waals surface area (Å²) in [5, 5.41) is 0. The van der Waals surface area contributed by atoms with Crippen LogP contribution in [0.3, 0.4) is 0 Å². The van der Waals surface area contributed by atoms with Crippen LogP contribution in [0.5, 0.6) is 0 Å². The first kappa shape index (κ1) is 5.54. The van der Waals surface area contributed by atoms with Crippen molar-refractivity contribution in [1.82, 2.24) is 4.90 Å². The van der Waals surface area contributed by atoms with E-state index >= 15 is 0 Å². The topological polar surface area (TPSA) is 6.25 Å². The van der Waals surface area contributed by atoms with E-state index in [0.29, 0.717) is 0 Å². The molecule has 0 fully saturated rings. The second-order valence-electron chi connectivity index (χ2n) is 2.11. The van der Waals surface area contributed by atoms with Gasteiger partial charge in [-0.2, -0.15) is 0 Å². The van der Waals surface area contributed by atoms with Gasteiger partial charge in [-0.25, -0.2) is 9.48 Å². The predicted octanol–water partition coefficient (Wildman–Crippen LogP) is -0.100. The molecular formula is C5H10FN2+. The lowest BCUT2D eigenvalue weighted by molar-refractivity contribution is -0.491. The lowest BCUT2D eigenvalue weighted by atomic mass is 10.6. The zero-order valence-electron chi connectivity index (χ0n) is 5.19. The second-order valence-corrected chi connectivity index (χ2v) is 2.11. The van der Waals surface area contributed by atoms with Crippen molar-refractivity contribution in [2.24, 2.45) is 0 Å². The Morgan fingerprint density at radius 1 is 1.75 bits per heavy atom. The molecule has 0 saturated heterocycles. The molecule has 1 rings (SSSR count). The summed E-state index contributed by atoms with van der Waals surface area (Å²) >= 11 is 0. The first-order valence-electron chi connectivity index (χ1n) is 2.66. The van der Waals surface area contributed by atoms with Crippen molar-refractivity contribution in [1.29, 1.82) is 0 Å².